The van der Waals surface area contributed by atoms with Gasteiger partial charge in [0.2, 0.25) is 5.76 Å². The predicted molar refractivity (Wildman–Crippen MR) is 145 cm³/mol. The summed E-state index contributed by atoms with van der Waals surface area (Å²) in [5, 5.41) is 0.427. The molecule has 190 valence electrons. The monoisotopic (exact) mass is 525 g/mol. The maximum absolute atomic E-state index is 14.5. The van der Waals surface area contributed by atoms with Crippen LogP contribution in [0.4, 0.5) is 10.8 Å². The predicted octanol–water partition coefficient (Wildman–Crippen LogP) is 4.81. The number of carbonyl (C=O) groups excluding carboxylic acids is 3. The molecule has 0 fully saturated rings. The summed E-state index contributed by atoms with van der Waals surface area (Å²) in [6.07, 6.45) is 1.59. The number of hydrogen-bond donors (Lipinski definition) is 0. The van der Waals surface area contributed by atoms with Gasteiger partial charge in [-0.3, -0.25) is 24.1 Å². The number of aryl methyl sites for hydroxylation is 3. The molecule has 0 radical (unpaired) electrons. The lowest BCUT2D eigenvalue weighted by atomic mass is 9.84. The molecule has 2 amide bonds. The van der Waals surface area contributed by atoms with E-state index in [1.54, 1.807) is 49.4 Å². The van der Waals surface area contributed by atoms with Gasteiger partial charge in [-0.2, -0.15) is 0 Å². The van der Waals surface area contributed by atoms with Crippen LogP contribution in [-0.2, 0) is 10.3 Å². The molecule has 9 heteroatoms. The molecule has 4 heterocycles. The van der Waals surface area contributed by atoms with Gasteiger partial charge < -0.3 is 9.32 Å². The van der Waals surface area contributed by atoms with Gasteiger partial charge in [0.1, 0.15) is 5.58 Å². The van der Waals surface area contributed by atoms with Gasteiger partial charge in [0, 0.05) is 19.0 Å². The molecule has 6 rings (SSSR count). The number of hydrogen-bond acceptors (Lipinski definition) is 7. The third-order valence-electron chi connectivity index (χ3n) is 7.35. The summed E-state index contributed by atoms with van der Waals surface area (Å²) < 4.78 is 6.14. The van der Waals surface area contributed by atoms with Gasteiger partial charge in [-0.25, -0.2) is 4.98 Å². The molecule has 4 aromatic rings. The van der Waals surface area contributed by atoms with Gasteiger partial charge in [-0.15, -0.1) is 6.58 Å². The van der Waals surface area contributed by atoms with Crippen LogP contribution >= 0.6 is 11.3 Å². The third kappa shape index (κ3) is 2.87. The van der Waals surface area contributed by atoms with E-state index < -0.39 is 22.8 Å². The Morgan fingerprint density at radius 1 is 1.13 bits per heavy atom. The van der Waals surface area contributed by atoms with E-state index in [0.717, 1.165) is 22.5 Å². The standard InChI is InChI=1S/C29H23N3O5S/c1-6-11-31-20-10-8-7-9-19(20)29(27(31)36)22-23(34)18-12-14(2)15(3)13-21(18)37-24(22)26(35)32(29)28-30-16(4)25(38-28)17(5)33/h6-10,12-13H,1,11H2,2-5H3. The maximum Gasteiger partial charge on any atom is 0.297 e. The molecule has 2 aliphatic heterocycles. The van der Waals surface area contributed by atoms with Crippen molar-refractivity contribution < 1.29 is 18.8 Å². The van der Waals surface area contributed by atoms with Crippen molar-refractivity contribution >= 4 is 50.7 Å². The van der Waals surface area contributed by atoms with Crippen molar-refractivity contribution in [3.8, 4) is 0 Å². The van der Waals surface area contributed by atoms with Gasteiger partial charge in [0.15, 0.2) is 21.9 Å². The van der Waals surface area contributed by atoms with Crippen molar-refractivity contribution in [2.75, 3.05) is 16.3 Å². The maximum atomic E-state index is 14.5. The molecule has 0 saturated carbocycles. The average molecular weight is 526 g/mol. The fourth-order valence-electron chi connectivity index (χ4n) is 5.53. The number of benzene rings is 2. The summed E-state index contributed by atoms with van der Waals surface area (Å²) in [5.74, 6) is -1.56. The second kappa shape index (κ2) is 8.06. The van der Waals surface area contributed by atoms with Crippen LogP contribution in [0.1, 0.15) is 55.1 Å². The molecule has 2 aliphatic rings. The fraction of sp³-hybridized carbons (Fsp3) is 0.207. The summed E-state index contributed by atoms with van der Waals surface area (Å²) in [7, 11) is 0. The Hall–Kier alpha value is -4.37. The molecule has 0 N–H and O–H groups in total. The van der Waals surface area contributed by atoms with Gasteiger partial charge in [0.25, 0.3) is 11.8 Å². The van der Waals surface area contributed by atoms with Gasteiger partial charge >= 0.3 is 0 Å². The Labute approximate surface area is 221 Å². The summed E-state index contributed by atoms with van der Waals surface area (Å²) in [6.45, 7) is 10.8. The van der Waals surface area contributed by atoms with Crippen LogP contribution < -0.4 is 15.2 Å². The highest BCUT2D eigenvalue weighted by Crippen LogP contribution is 2.54. The zero-order valence-corrected chi connectivity index (χ0v) is 22.1. The first-order valence-corrected chi connectivity index (χ1v) is 12.9. The molecule has 0 saturated heterocycles. The number of Topliss-reactive ketones (excluding diaryl/α,β-unsaturated/α-hetero) is 1. The molecule has 38 heavy (non-hydrogen) atoms. The van der Waals surface area contributed by atoms with Crippen molar-refractivity contribution in [1.82, 2.24) is 4.98 Å². The highest BCUT2D eigenvalue weighted by molar-refractivity contribution is 7.17. The van der Waals surface area contributed by atoms with Crippen LogP contribution in [0, 0.1) is 20.8 Å². The number of carbonyl (C=O) groups is 3. The SMILES string of the molecule is C=CCN1C(=O)C2(c3ccccc31)c1c(oc3cc(C)c(C)cc3c1=O)C(=O)N2c1nc(C)c(C(C)=O)s1. The number of aromatic nitrogens is 1. The lowest BCUT2D eigenvalue weighted by Gasteiger charge is -2.32. The molecule has 1 unspecified atom stereocenters. The quantitative estimate of drug-likeness (QED) is 0.280. The van der Waals surface area contributed by atoms with E-state index >= 15 is 0 Å². The van der Waals surface area contributed by atoms with Crippen LogP contribution in [0.2, 0.25) is 0 Å². The van der Waals surface area contributed by atoms with Crippen LogP contribution in [0.3, 0.4) is 0 Å². The molecule has 1 spiro atoms. The minimum Gasteiger partial charge on any atom is -0.450 e. The largest absolute Gasteiger partial charge is 0.450 e. The number of rotatable bonds is 4. The van der Waals surface area contributed by atoms with E-state index in [1.165, 1.54) is 16.7 Å². The Morgan fingerprint density at radius 2 is 1.84 bits per heavy atom. The molecular formula is C29H23N3O5S. The van der Waals surface area contributed by atoms with E-state index in [4.69, 9.17) is 4.42 Å². The highest BCUT2D eigenvalue weighted by Gasteiger charge is 2.66. The van der Waals surface area contributed by atoms with Crippen molar-refractivity contribution in [3.63, 3.8) is 0 Å². The first kappa shape index (κ1) is 24.0. The van der Waals surface area contributed by atoms with Gasteiger partial charge in [0.05, 0.1) is 27.2 Å². The summed E-state index contributed by atoms with van der Waals surface area (Å²) in [4.78, 5) is 62.9. The number of thiazole rings is 1. The van der Waals surface area contributed by atoms with Crippen molar-refractivity contribution in [1.29, 1.82) is 0 Å². The highest BCUT2D eigenvalue weighted by atomic mass is 32.1. The van der Waals surface area contributed by atoms with Crippen molar-refractivity contribution in [2.45, 2.75) is 33.2 Å². The molecule has 0 aliphatic carbocycles. The van der Waals surface area contributed by atoms with E-state index in [2.05, 4.69) is 11.6 Å². The van der Waals surface area contributed by atoms with E-state index in [-0.39, 0.29) is 39.8 Å². The van der Waals surface area contributed by atoms with E-state index in [9.17, 15) is 19.2 Å². The number of fused-ring (bicyclic) bond motifs is 5. The fourth-order valence-corrected chi connectivity index (χ4v) is 6.55. The number of anilines is 2. The summed E-state index contributed by atoms with van der Waals surface area (Å²) >= 11 is 1.02. The van der Waals surface area contributed by atoms with E-state index in [1.807, 2.05) is 13.8 Å². The lowest BCUT2D eigenvalue weighted by molar-refractivity contribution is -0.121. The normalized spacial score (nSPS) is 18.0. The topological polar surface area (TPSA) is 101 Å². The Balaban J connectivity index is 1.78. The molecule has 2 aromatic heterocycles. The Kier molecular flexibility index (Phi) is 5.09. The number of ketones is 1. The lowest BCUT2D eigenvalue weighted by Crippen LogP contribution is -2.53. The zero-order valence-electron chi connectivity index (χ0n) is 21.2. The minimum absolute atomic E-state index is 0.0421. The zero-order chi connectivity index (χ0) is 27.1. The molecular weight excluding hydrogens is 502 g/mol. The second-order valence-corrected chi connectivity index (χ2v) is 10.6. The average Bonchev–Trinajstić information content (AvgIpc) is 3.46. The first-order chi connectivity index (χ1) is 18.1. The molecule has 2 aromatic carbocycles. The molecule has 0 bridgehead atoms. The smallest absolute Gasteiger partial charge is 0.297 e. The summed E-state index contributed by atoms with van der Waals surface area (Å²) in [6, 6.07) is 10.5. The first-order valence-electron chi connectivity index (χ1n) is 12.1. The molecule has 8 nitrogen and oxygen atoms in total. The molecule has 1 atom stereocenters. The van der Waals surface area contributed by atoms with Crippen LogP contribution in [0.5, 0.6) is 0 Å². The van der Waals surface area contributed by atoms with Gasteiger partial charge in [-0.05, 0) is 50.1 Å². The third-order valence-corrected chi connectivity index (χ3v) is 8.59. The summed E-state index contributed by atoms with van der Waals surface area (Å²) in [5.41, 5.74) is 1.17. The van der Waals surface area contributed by atoms with Crippen molar-refractivity contribution in [2.24, 2.45) is 0 Å². The minimum atomic E-state index is -1.85. The number of nitrogens with zero attached hydrogens (tertiary/aromatic N) is 3. The van der Waals surface area contributed by atoms with Crippen LogP contribution in [0.15, 0.2) is 58.3 Å². The second-order valence-electron chi connectivity index (χ2n) is 9.61. The van der Waals surface area contributed by atoms with Gasteiger partial charge in [-0.1, -0.05) is 35.6 Å². The van der Waals surface area contributed by atoms with E-state index in [0.29, 0.717) is 21.8 Å². The number of amides is 2. The van der Waals surface area contributed by atoms with Crippen molar-refractivity contribution in [3.05, 3.63) is 97.9 Å². The Bertz CT molecular complexity index is 1820. The number of para-hydroxylation sites is 1. The van der Waals surface area contributed by atoms with Crippen LogP contribution in [0.25, 0.3) is 11.0 Å². The Morgan fingerprint density at radius 3 is 2.53 bits per heavy atom. The van der Waals surface area contributed by atoms with Crippen LogP contribution in [-0.4, -0.2) is 29.1 Å².